The molecular weight excluding hydrogens is 482 g/mol. The molecule has 8 heteroatoms. The molecule has 0 spiro atoms. The predicted octanol–water partition coefficient (Wildman–Crippen LogP) is 6.09. The van der Waals surface area contributed by atoms with Crippen LogP contribution in [0.4, 0.5) is 15.6 Å². The zero-order chi connectivity index (χ0) is 25.5. The SMILES string of the molecule is N[C@H](CNc1ncc(-c2ccc3cnccc3c2)s1)Cc1ccc(NC(=O)OCc2ccccc2)cc1. The van der Waals surface area contributed by atoms with Crippen LogP contribution in [0.5, 0.6) is 0 Å². The molecular formula is C29H27N5O2S. The molecule has 2 heterocycles. The number of fused-ring (bicyclic) bond motifs is 1. The third kappa shape index (κ3) is 6.69. The summed E-state index contributed by atoms with van der Waals surface area (Å²) < 4.78 is 5.26. The number of nitrogens with two attached hydrogens (primary N) is 1. The molecule has 0 aliphatic carbocycles. The van der Waals surface area contributed by atoms with Gasteiger partial charge >= 0.3 is 6.09 Å². The summed E-state index contributed by atoms with van der Waals surface area (Å²) in [6.07, 6.45) is 5.77. The number of anilines is 2. The van der Waals surface area contributed by atoms with Gasteiger partial charge in [-0.3, -0.25) is 10.3 Å². The number of carbonyl (C=O) groups is 1. The third-order valence-corrected chi connectivity index (χ3v) is 6.86. The van der Waals surface area contributed by atoms with Crippen molar-refractivity contribution < 1.29 is 9.53 Å². The van der Waals surface area contributed by atoms with Crippen molar-refractivity contribution in [3.63, 3.8) is 0 Å². The molecule has 2 aromatic heterocycles. The Morgan fingerprint density at radius 2 is 1.78 bits per heavy atom. The van der Waals surface area contributed by atoms with Crippen molar-refractivity contribution in [2.45, 2.75) is 19.1 Å². The first-order chi connectivity index (χ1) is 18.1. The number of rotatable bonds is 9. The molecule has 4 N–H and O–H groups in total. The van der Waals surface area contributed by atoms with Gasteiger partial charge in [-0.1, -0.05) is 65.9 Å². The van der Waals surface area contributed by atoms with E-state index in [2.05, 4.69) is 38.8 Å². The van der Waals surface area contributed by atoms with Crippen molar-refractivity contribution in [3.05, 3.63) is 109 Å². The Kier molecular flexibility index (Phi) is 7.69. The lowest BCUT2D eigenvalue weighted by Gasteiger charge is -2.13. The van der Waals surface area contributed by atoms with Gasteiger partial charge in [0, 0.05) is 42.3 Å². The molecule has 0 saturated carbocycles. The van der Waals surface area contributed by atoms with Gasteiger partial charge in [0.05, 0.1) is 4.88 Å². The van der Waals surface area contributed by atoms with Crippen LogP contribution >= 0.6 is 11.3 Å². The zero-order valence-electron chi connectivity index (χ0n) is 20.1. The minimum absolute atomic E-state index is 0.0878. The number of ether oxygens (including phenoxy) is 1. The van der Waals surface area contributed by atoms with E-state index in [1.54, 1.807) is 17.5 Å². The summed E-state index contributed by atoms with van der Waals surface area (Å²) in [5.41, 5.74) is 10.2. The summed E-state index contributed by atoms with van der Waals surface area (Å²) in [7, 11) is 0. The van der Waals surface area contributed by atoms with Crippen molar-refractivity contribution in [1.82, 2.24) is 9.97 Å². The van der Waals surface area contributed by atoms with Crippen LogP contribution in [0.1, 0.15) is 11.1 Å². The highest BCUT2D eigenvalue weighted by Gasteiger charge is 2.09. The Labute approximate surface area is 219 Å². The largest absolute Gasteiger partial charge is 0.444 e. The van der Waals surface area contributed by atoms with Gasteiger partial charge in [-0.2, -0.15) is 0 Å². The molecule has 0 aliphatic rings. The molecule has 7 nitrogen and oxygen atoms in total. The van der Waals surface area contributed by atoms with Gasteiger partial charge in [-0.15, -0.1) is 0 Å². The van der Waals surface area contributed by atoms with Gasteiger partial charge in [0.25, 0.3) is 0 Å². The first-order valence-electron chi connectivity index (χ1n) is 12.0. The number of amides is 1. The van der Waals surface area contributed by atoms with Crippen LogP contribution in [0.15, 0.2) is 97.5 Å². The number of hydrogen-bond acceptors (Lipinski definition) is 7. The quantitative estimate of drug-likeness (QED) is 0.222. The van der Waals surface area contributed by atoms with Crippen LogP contribution in [0.3, 0.4) is 0 Å². The first-order valence-corrected chi connectivity index (χ1v) is 12.8. The van der Waals surface area contributed by atoms with Gasteiger partial charge in [-0.05, 0) is 52.8 Å². The Morgan fingerprint density at radius 3 is 2.62 bits per heavy atom. The van der Waals surface area contributed by atoms with Crippen molar-refractivity contribution in [1.29, 1.82) is 0 Å². The number of nitrogens with zero attached hydrogens (tertiary/aromatic N) is 2. The lowest BCUT2D eigenvalue weighted by atomic mass is 10.1. The molecule has 0 bridgehead atoms. The molecule has 186 valence electrons. The van der Waals surface area contributed by atoms with Crippen LogP contribution in [0.25, 0.3) is 21.2 Å². The Bertz CT molecular complexity index is 1470. The van der Waals surface area contributed by atoms with Crippen molar-refractivity contribution in [2.24, 2.45) is 5.73 Å². The number of pyridine rings is 1. The first kappa shape index (κ1) is 24.4. The van der Waals surface area contributed by atoms with E-state index in [-0.39, 0.29) is 12.6 Å². The maximum Gasteiger partial charge on any atom is 0.411 e. The number of hydrogen-bond donors (Lipinski definition) is 3. The van der Waals surface area contributed by atoms with Gasteiger partial charge in [-0.25, -0.2) is 9.78 Å². The summed E-state index contributed by atoms with van der Waals surface area (Å²) >= 11 is 1.61. The van der Waals surface area contributed by atoms with Crippen molar-refractivity contribution >= 4 is 39.0 Å². The van der Waals surface area contributed by atoms with Gasteiger partial charge in [0.15, 0.2) is 5.13 Å². The van der Waals surface area contributed by atoms with Crippen LogP contribution in [-0.2, 0) is 17.8 Å². The van der Waals surface area contributed by atoms with E-state index in [1.165, 1.54) is 0 Å². The molecule has 5 aromatic rings. The fourth-order valence-electron chi connectivity index (χ4n) is 3.92. The van der Waals surface area contributed by atoms with Crippen LogP contribution < -0.4 is 16.4 Å². The van der Waals surface area contributed by atoms with Gasteiger partial charge in [0.1, 0.15) is 6.61 Å². The Morgan fingerprint density at radius 1 is 0.946 bits per heavy atom. The number of thiazole rings is 1. The molecule has 0 saturated heterocycles. The van der Waals surface area contributed by atoms with E-state index in [4.69, 9.17) is 10.5 Å². The fourth-order valence-corrected chi connectivity index (χ4v) is 4.74. The van der Waals surface area contributed by atoms with Crippen molar-refractivity contribution in [3.8, 4) is 10.4 Å². The number of nitrogens with one attached hydrogen (secondary N) is 2. The summed E-state index contributed by atoms with van der Waals surface area (Å²) in [4.78, 5) is 21.8. The molecule has 3 aromatic carbocycles. The second-order valence-corrected chi connectivity index (χ2v) is 9.73. The maximum atomic E-state index is 12.0. The van der Waals surface area contributed by atoms with Gasteiger partial charge in [0.2, 0.25) is 0 Å². The molecule has 5 rings (SSSR count). The minimum Gasteiger partial charge on any atom is -0.444 e. The standard InChI is InChI=1S/C29H27N5O2S/c30-25(14-20-6-10-26(11-7-20)34-29(35)36-19-21-4-2-1-3-5-21)17-32-28-33-18-27(37-28)23-8-9-24-16-31-13-12-22(24)15-23/h1-13,15-16,18,25H,14,17,19,30H2,(H,32,33)(H,34,35)/t25-/m0/s1. The summed E-state index contributed by atoms with van der Waals surface area (Å²) in [5.74, 6) is 0. The lowest BCUT2D eigenvalue weighted by molar-refractivity contribution is 0.155. The second kappa shape index (κ2) is 11.6. The van der Waals surface area contributed by atoms with E-state index in [0.29, 0.717) is 18.7 Å². The molecule has 1 amide bonds. The molecule has 1 atom stereocenters. The summed E-state index contributed by atoms with van der Waals surface area (Å²) in [5, 5.41) is 9.22. The smallest absolute Gasteiger partial charge is 0.411 e. The van der Waals surface area contributed by atoms with E-state index in [0.717, 1.165) is 37.5 Å². The van der Waals surface area contributed by atoms with Crippen LogP contribution in [0, 0.1) is 0 Å². The maximum absolute atomic E-state index is 12.0. The topological polar surface area (TPSA) is 102 Å². The highest BCUT2D eigenvalue weighted by Crippen LogP contribution is 2.31. The molecule has 37 heavy (non-hydrogen) atoms. The third-order valence-electron chi connectivity index (χ3n) is 5.86. The van der Waals surface area contributed by atoms with Crippen molar-refractivity contribution in [2.75, 3.05) is 17.2 Å². The number of carbonyl (C=O) groups excluding carboxylic acids is 1. The number of benzene rings is 3. The normalized spacial score (nSPS) is 11.7. The van der Waals surface area contributed by atoms with Gasteiger partial charge < -0.3 is 15.8 Å². The minimum atomic E-state index is -0.485. The van der Waals surface area contributed by atoms with E-state index < -0.39 is 6.09 Å². The van der Waals surface area contributed by atoms with Crippen LogP contribution in [0.2, 0.25) is 0 Å². The highest BCUT2D eigenvalue weighted by atomic mass is 32.1. The Balaban J connectivity index is 1.08. The van der Waals surface area contributed by atoms with E-state index >= 15 is 0 Å². The van der Waals surface area contributed by atoms with E-state index in [9.17, 15) is 4.79 Å². The summed E-state index contributed by atoms with van der Waals surface area (Å²) in [6, 6.07) is 25.5. The fraction of sp³-hybridized carbons (Fsp3) is 0.138. The van der Waals surface area contributed by atoms with E-state index in [1.807, 2.05) is 73.1 Å². The molecule has 0 fully saturated rings. The number of aromatic nitrogens is 2. The summed E-state index contributed by atoms with van der Waals surface area (Å²) in [6.45, 7) is 0.829. The Hall–Kier alpha value is -4.27. The average Bonchev–Trinajstić information content (AvgIpc) is 3.41. The highest BCUT2D eigenvalue weighted by molar-refractivity contribution is 7.18. The average molecular weight is 510 g/mol. The lowest BCUT2D eigenvalue weighted by Crippen LogP contribution is -2.31. The molecule has 0 aliphatic heterocycles. The monoisotopic (exact) mass is 509 g/mol. The molecule has 0 unspecified atom stereocenters. The predicted molar refractivity (Wildman–Crippen MR) is 150 cm³/mol. The molecule has 0 radical (unpaired) electrons. The second-order valence-electron chi connectivity index (χ2n) is 8.70. The van der Waals surface area contributed by atoms with Crippen LogP contribution in [-0.4, -0.2) is 28.6 Å². The zero-order valence-corrected chi connectivity index (χ0v) is 20.9.